The van der Waals surface area contributed by atoms with Gasteiger partial charge in [0, 0.05) is 56.7 Å². The number of benzene rings is 1. The Kier molecular flexibility index (Phi) is 10.8. The highest BCUT2D eigenvalue weighted by molar-refractivity contribution is 5.92. The summed E-state index contributed by atoms with van der Waals surface area (Å²) in [5, 5.41) is 3.48. The van der Waals surface area contributed by atoms with Gasteiger partial charge in [-0.2, -0.15) is 0 Å². The van der Waals surface area contributed by atoms with Crippen LogP contribution in [0.25, 0.3) is 0 Å². The summed E-state index contributed by atoms with van der Waals surface area (Å²) in [7, 11) is 0. The summed E-state index contributed by atoms with van der Waals surface area (Å²) in [5.41, 5.74) is 6.29. The summed E-state index contributed by atoms with van der Waals surface area (Å²) in [4.78, 5) is 43.9. The van der Waals surface area contributed by atoms with E-state index < -0.39 is 17.3 Å². The van der Waals surface area contributed by atoms with Crippen LogP contribution >= 0.6 is 0 Å². The number of nitrogens with zero attached hydrogens (tertiary/aromatic N) is 6. The van der Waals surface area contributed by atoms with Crippen LogP contribution in [0.3, 0.4) is 0 Å². The second-order valence-corrected chi connectivity index (χ2v) is 15.6. The molecule has 2 amide bonds. The molecule has 0 bridgehead atoms. The van der Waals surface area contributed by atoms with E-state index in [-0.39, 0.29) is 6.09 Å². The number of carbonyl (C=O) groups is 2. The lowest BCUT2D eigenvalue weighted by molar-refractivity contribution is 0.0375. The Morgan fingerprint density at radius 3 is 2.37 bits per heavy atom. The number of aromatic nitrogens is 2. The standard InChI is InChI=1S/C39H53N7O6/c1-26-21-30(9-10-31(26)45(36(47)51-38(3,4)5)14-13-43-15-18-49-19-16-43)42-33-22-29-25-44(12-11-28(29)23-40-33)32-24-41-35-34(27(32)2)46(17-20-50-35)37(48)52-39(6,7)8/h9-10,21-24H,11-20,25H2,1-8H3,(H,40,42). The molecule has 0 spiro atoms. The van der Waals surface area contributed by atoms with Crippen LogP contribution in [0.4, 0.5) is 38.2 Å². The van der Waals surface area contributed by atoms with Gasteiger partial charge in [-0.25, -0.2) is 19.6 Å². The van der Waals surface area contributed by atoms with Gasteiger partial charge in [0.25, 0.3) is 0 Å². The quantitative estimate of drug-likeness (QED) is 0.285. The van der Waals surface area contributed by atoms with Crippen molar-refractivity contribution in [2.75, 3.05) is 79.1 Å². The van der Waals surface area contributed by atoms with Gasteiger partial charge < -0.3 is 29.2 Å². The first-order valence-electron chi connectivity index (χ1n) is 18.2. The third kappa shape index (κ3) is 8.87. The fourth-order valence-corrected chi connectivity index (χ4v) is 6.74. The van der Waals surface area contributed by atoms with Crippen LogP contribution in [0, 0.1) is 13.8 Å². The molecule has 1 fully saturated rings. The van der Waals surface area contributed by atoms with Crippen molar-refractivity contribution in [2.24, 2.45) is 0 Å². The third-order valence-electron chi connectivity index (χ3n) is 9.24. The highest BCUT2D eigenvalue weighted by atomic mass is 16.6. The van der Waals surface area contributed by atoms with E-state index in [1.54, 1.807) is 9.80 Å². The van der Waals surface area contributed by atoms with Gasteiger partial charge in [0.15, 0.2) is 0 Å². The Bertz CT molecular complexity index is 1780. The first-order valence-corrected chi connectivity index (χ1v) is 18.2. The minimum absolute atomic E-state index is 0.358. The number of fused-ring (bicyclic) bond motifs is 2. The molecule has 0 radical (unpaired) electrons. The monoisotopic (exact) mass is 715 g/mol. The number of pyridine rings is 2. The van der Waals surface area contributed by atoms with Gasteiger partial charge in [0.05, 0.1) is 37.3 Å². The lowest BCUT2D eigenvalue weighted by atomic mass is 10.0. The smallest absolute Gasteiger partial charge is 0.415 e. The number of carbonyl (C=O) groups excluding carboxylic acids is 2. The Labute approximate surface area is 307 Å². The third-order valence-corrected chi connectivity index (χ3v) is 9.24. The molecule has 0 unspecified atom stereocenters. The molecular weight excluding hydrogens is 662 g/mol. The molecule has 1 N–H and O–H groups in total. The maximum absolute atomic E-state index is 13.4. The van der Waals surface area contributed by atoms with E-state index in [9.17, 15) is 9.59 Å². The van der Waals surface area contributed by atoms with Gasteiger partial charge in [0.1, 0.15) is 29.3 Å². The van der Waals surface area contributed by atoms with Crippen molar-refractivity contribution in [1.82, 2.24) is 14.9 Å². The zero-order chi connectivity index (χ0) is 37.2. The predicted molar refractivity (Wildman–Crippen MR) is 202 cm³/mol. The fraction of sp³-hybridized carbons (Fsp3) is 0.538. The summed E-state index contributed by atoms with van der Waals surface area (Å²) < 4.78 is 22.9. The van der Waals surface area contributed by atoms with E-state index in [4.69, 9.17) is 23.9 Å². The minimum Gasteiger partial charge on any atom is -0.474 e. The van der Waals surface area contributed by atoms with E-state index in [0.717, 1.165) is 72.2 Å². The van der Waals surface area contributed by atoms with Crippen LogP contribution in [0.5, 0.6) is 5.88 Å². The van der Waals surface area contributed by atoms with Crippen molar-refractivity contribution < 1.29 is 28.5 Å². The van der Waals surface area contributed by atoms with E-state index in [1.165, 1.54) is 5.56 Å². The molecule has 2 aromatic heterocycles. The van der Waals surface area contributed by atoms with E-state index in [0.29, 0.717) is 51.0 Å². The van der Waals surface area contributed by atoms with Crippen molar-refractivity contribution in [3.63, 3.8) is 0 Å². The van der Waals surface area contributed by atoms with Gasteiger partial charge in [-0.05, 0) is 103 Å². The highest BCUT2D eigenvalue weighted by Gasteiger charge is 2.33. The molecule has 13 heteroatoms. The Balaban J connectivity index is 1.18. The average molecular weight is 716 g/mol. The van der Waals surface area contributed by atoms with Crippen LogP contribution in [0.15, 0.2) is 36.7 Å². The van der Waals surface area contributed by atoms with Crippen molar-refractivity contribution in [1.29, 1.82) is 0 Å². The van der Waals surface area contributed by atoms with E-state index >= 15 is 0 Å². The minimum atomic E-state index is -0.616. The Morgan fingerprint density at radius 2 is 1.65 bits per heavy atom. The van der Waals surface area contributed by atoms with Crippen LogP contribution < -0.4 is 24.8 Å². The molecule has 3 aliphatic rings. The first kappa shape index (κ1) is 37.1. The number of anilines is 5. The molecule has 52 heavy (non-hydrogen) atoms. The number of morpholine rings is 1. The lowest BCUT2D eigenvalue weighted by Crippen LogP contribution is -2.44. The van der Waals surface area contributed by atoms with Crippen molar-refractivity contribution in [3.05, 3.63) is 58.9 Å². The molecule has 13 nitrogen and oxygen atoms in total. The molecule has 0 saturated carbocycles. The molecule has 5 heterocycles. The summed E-state index contributed by atoms with van der Waals surface area (Å²) in [6, 6.07) is 8.08. The normalized spacial score (nSPS) is 16.4. The zero-order valence-electron chi connectivity index (χ0n) is 31.9. The molecule has 1 saturated heterocycles. The van der Waals surface area contributed by atoms with Crippen LogP contribution in [0.2, 0.25) is 0 Å². The number of nitrogens with one attached hydrogen (secondary N) is 1. The number of aryl methyl sites for hydroxylation is 1. The van der Waals surface area contributed by atoms with Crippen LogP contribution in [-0.2, 0) is 27.2 Å². The van der Waals surface area contributed by atoms with E-state index in [1.807, 2.05) is 86.0 Å². The molecule has 3 aromatic rings. The molecule has 280 valence electrons. The average Bonchev–Trinajstić information content (AvgIpc) is 3.08. The SMILES string of the molecule is Cc1cc(Nc2cc3c(cn2)CCN(c2cnc4c(c2C)N(C(=O)OC(C)(C)C)CCO4)C3)ccc1N(CCN1CCOCC1)C(=O)OC(C)(C)C. The highest BCUT2D eigenvalue weighted by Crippen LogP contribution is 2.40. The molecule has 6 rings (SSSR count). The van der Waals surface area contributed by atoms with Crippen LogP contribution in [-0.4, -0.2) is 97.3 Å². The van der Waals surface area contributed by atoms with Crippen LogP contribution in [0.1, 0.15) is 63.8 Å². The first-order chi connectivity index (χ1) is 24.6. The number of amides is 2. The maximum atomic E-state index is 13.4. The van der Waals surface area contributed by atoms with Gasteiger partial charge in [-0.1, -0.05) is 0 Å². The molecular formula is C39H53N7O6. The summed E-state index contributed by atoms with van der Waals surface area (Å²) in [6.07, 6.45) is 3.84. The van der Waals surface area contributed by atoms with Gasteiger partial charge >= 0.3 is 12.2 Å². The molecule has 1 aromatic carbocycles. The number of hydrogen-bond acceptors (Lipinski definition) is 11. The molecule has 0 atom stereocenters. The fourth-order valence-electron chi connectivity index (χ4n) is 6.74. The molecule has 0 aliphatic carbocycles. The maximum Gasteiger partial charge on any atom is 0.415 e. The van der Waals surface area contributed by atoms with Gasteiger partial charge in [0.2, 0.25) is 5.88 Å². The summed E-state index contributed by atoms with van der Waals surface area (Å²) in [6.45, 7) is 21.8. The summed E-state index contributed by atoms with van der Waals surface area (Å²) >= 11 is 0. The second-order valence-electron chi connectivity index (χ2n) is 15.6. The number of ether oxygens (including phenoxy) is 4. The topological polar surface area (TPSA) is 122 Å². The second kappa shape index (κ2) is 15.2. The molecule has 3 aliphatic heterocycles. The Hall–Kier alpha value is -4.62. The number of rotatable bonds is 7. The summed E-state index contributed by atoms with van der Waals surface area (Å²) in [5.74, 6) is 1.17. The number of hydrogen-bond donors (Lipinski definition) is 1. The lowest BCUT2D eigenvalue weighted by Gasteiger charge is -2.35. The van der Waals surface area contributed by atoms with Gasteiger partial charge in [-0.3, -0.25) is 14.7 Å². The van der Waals surface area contributed by atoms with Crippen molar-refractivity contribution in [2.45, 2.75) is 79.6 Å². The Morgan fingerprint density at radius 1 is 0.904 bits per heavy atom. The zero-order valence-corrected chi connectivity index (χ0v) is 31.9. The van der Waals surface area contributed by atoms with Gasteiger partial charge in [-0.15, -0.1) is 0 Å². The van der Waals surface area contributed by atoms with E-state index in [2.05, 4.69) is 26.2 Å². The largest absolute Gasteiger partial charge is 0.474 e. The predicted octanol–water partition coefficient (Wildman–Crippen LogP) is 6.61. The van der Waals surface area contributed by atoms with Crippen molar-refractivity contribution in [3.8, 4) is 5.88 Å². The van der Waals surface area contributed by atoms with Crippen molar-refractivity contribution >= 4 is 40.8 Å².